The first kappa shape index (κ1) is 16.8. The fraction of sp³-hybridized carbons (Fsp3) is 0.933. The third-order valence-electron chi connectivity index (χ3n) is 4.17. The Balaban J connectivity index is 2.27. The third-order valence-corrected chi connectivity index (χ3v) is 5.27. The minimum absolute atomic E-state index is 0.181. The molecule has 0 aromatic rings. The lowest BCUT2D eigenvalue weighted by Crippen LogP contribution is -2.39. The van der Waals surface area contributed by atoms with E-state index in [9.17, 15) is 4.79 Å². The van der Waals surface area contributed by atoms with Gasteiger partial charge in [0.15, 0.2) is 0 Å². The van der Waals surface area contributed by atoms with Gasteiger partial charge in [-0.25, -0.2) is 0 Å². The second kappa shape index (κ2) is 8.15. The van der Waals surface area contributed by atoms with Crippen LogP contribution in [0, 0.1) is 5.41 Å². The average Bonchev–Trinajstić information content (AvgIpc) is 2.37. The summed E-state index contributed by atoms with van der Waals surface area (Å²) in [4.78, 5) is 12.0. The van der Waals surface area contributed by atoms with Gasteiger partial charge >= 0.3 is 0 Å². The summed E-state index contributed by atoms with van der Waals surface area (Å²) in [5.74, 6) is 0.219. The molecular weight excluding hydrogens is 256 g/mol. The Morgan fingerprint density at radius 2 is 2.11 bits per heavy atom. The number of rotatable bonds is 7. The van der Waals surface area contributed by atoms with Gasteiger partial charge in [0.2, 0.25) is 5.91 Å². The number of hydrogen-bond acceptors (Lipinski definition) is 3. The van der Waals surface area contributed by atoms with Crippen LogP contribution >= 0.6 is 11.8 Å². The minimum Gasteiger partial charge on any atom is -0.353 e. The summed E-state index contributed by atoms with van der Waals surface area (Å²) >= 11 is 1.94. The number of amides is 1. The fourth-order valence-corrected chi connectivity index (χ4v) is 3.58. The van der Waals surface area contributed by atoms with Gasteiger partial charge in [-0.1, -0.05) is 20.3 Å². The number of carbonyl (C=O) groups excluding carboxylic acids is 1. The van der Waals surface area contributed by atoms with Crippen molar-refractivity contribution in [2.45, 2.75) is 70.1 Å². The molecule has 0 heterocycles. The van der Waals surface area contributed by atoms with Gasteiger partial charge in [-0.2, -0.15) is 11.8 Å². The number of thioether (sulfide) groups is 1. The minimum atomic E-state index is 0.181. The number of hydrogen-bond donors (Lipinski definition) is 2. The van der Waals surface area contributed by atoms with E-state index in [1.54, 1.807) is 0 Å². The Kier molecular flexibility index (Phi) is 7.22. The van der Waals surface area contributed by atoms with Crippen LogP contribution in [0.5, 0.6) is 0 Å². The van der Waals surface area contributed by atoms with Crippen molar-refractivity contribution < 1.29 is 4.79 Å². The highest BCUT2D eigenvalue weighted by Gasteiger charge is 2.23. The molecule has 0 saturated heterocycles. The SMILES string of the molecule is CSC1CCCC(NC(=O)CCC(C)(C)CCN)C1. The monoisotopic (exact) mass is 286 g/mol. The second-order valence-corrected chi connectivity index (χ2v) is 7.63. The Bertz CT molecular complexity index is 281. The normalized spacial score (nSPS) is 24.2. The van der Waals surface area contributed by atoms with Crippen molar-refractivity contribution in [1.29, 1.82) is 0 Å². The molecule has 3 nitrogen and oxygen atoms in total. The number of nitrogens with two attached hydrogens (primary N) is 1. The van der Waals surface area contributed by atoms with E-state index in [-0.39, 0.29) is 11.3 Å². The summed E-state index contributed by atoms with van der Waals surface area (Å²) < 4.78 is 0. The summed E-state index contributed by atoms with van der Waals surface area (Å²) in [6.07, 6.45) is 9.55. The van der Waals surface area contributed by atoms with Crippen LogP contribution in [0.4, 0.5) is 0 Å². The highest BCUT2D eigenvalue weighted by Crippen LogP contribution is 2.28. The Morgan fingerprint density at radius 1 is 1.37 bits per heavy atom. The predicted octanol–water partition coefficient (Wildman–Crippen LogP) is 2.93. The summed E-state index contributed by atoms with van der Waals surface area (Å²) in [5, 5.41) is 3.94. The van der Waals surface area contributed by atoms with E-state index in [0.29, 0.717) is 19.0 Å². The maximum absolute atomic E-state index is 12.0. The summed E-state index contributed by atoms with van der Waals surface area (Å²) in [6, 6.07) is 0.399. The highest BCUT2D eigenvalue weighted by atomic mass is 32.2. The Labute approximate surface area is 122 Å². The fourth-order valence-electron chi connectivity index (χ4n) is 2.76. The van der Waals surface area contributed by atoms with Crippen LogP contribution in [-0.4, -0.2) is 30.0 Å². The van der Waals surface area contributed by atoms with Crippen molar-refractivity contribution in [1.82, 2.24) is 5.32 Å². The molecule has 19 heavy (non-hydrogen) atoms. The lowest BCUT2D eigenvalue weighted by Gasteiger charge is -2.29. The van der Waals surface area contributed by atoms with Crippen LogP contribution in [0.2, 0.25) is 0 Å². The van der Waals surface area contributed by atoms with Crippen LogP contribution in [-0.2, 0) is 4.79 Å². The zero-order chi connectivity index (χ0) is 14.3. The molecule has 0 aromatic heterocycles. The van der Waals surface area contributed by atoms with E-state index in [1.165, 1.54) is 12.8 Å². The molecule has 3 N–H and O–H groups in total. The number of nitrogens with one attached hydrogen (secondary N) is 1. The van der Waals surface area contributed by atoms with E-state index < -0.39 is 0 Å². The first-order valence-electron chi connectivity index (χ1n) is 7.49. The van der Waals surface area contributed by atoms with E-state index in [4.69, 9.17) is 5.73 Å². The molecule has 0 bridgehead atoms. The average molecular weight is 286 g/mol. The number of carbonyl (C=O) groups is 1. The van der Waals surface area contributed by atoms with E-state index >= 15 is 0 Å². The summed E-state index contributed by atoms with van der Waals surface area (Å²) in [7, 11) is 0. The molecular formula is C15H30N2OS. The molecule has 0 radical (unpaired) electrons. The largest absolute Gasteiger partial charge is 0.353 e. The van der Waals surface area contributed by atoms with Crippen LogP contribution in [0.1, 0.15) is 58.8 Å². The molecule has 1 aliphatic carbocycles. The zero-order valence-electron chi connectivity index (χ0n) is 12.7. The van der Waals surface area contributed by atoms with Crippen LogP contribution in [0.25, 0.3) is 0 Å². The molecule has 1 rings (SSSR count). The quantitative estimate of drug-likeness (QED) is 0.756. The van der Waals surface area contributed by atoms with Crippen LogP contribution in [0.3, 0.4) is 0 Å². The van der Waals surface area contributed by atoms with Gasteiger partial charge in [-0.3, -0.25) is 4.79 Å². The van der Waals surface area contributed by atoms with Gasteiger partial charge in [0.25, 0.3) is 0 Å². The molecule has 0 spiro atoms. The molecule has 2 atom stereocenters. The second-order valence-electron chi connectivity index (χ2n) is 6.49. The van der Waals surface area contributed by atoms with E-state index in [1.807, 2.05) is 11.8 Å². The maximum atomic E-state index is 12.0. The van der Waals surface area contributed by atoms with Crippen molar-refractivity contribution in [2.75, 3.05) is 12.8 Å². The van der Waals surface area contributed by atoms with Gasteiger partial charge in [0, 0.05) is 17.7 Å². The third kappa shape index (κ3) is 6.66. The standard InChI is InChI=1S/C15H30N2OS/c1-15(2,9-10-16)8-7-14(18)17-12-5-4-6-13(11-12)19-3/h12-13H,4-11,16H2,1-3H3,(H,17,18). The first-order chi connectivity index (χ1) is 8.96. The summed E-state index contributed by atoms with van der Waals surface area (Å²) in [6.45, 7) is 5.08. The van der Waals surface area contributed by atoms with E-state index in [2.05, 4.69) is 25.4 Å². The first-order valence-corrected chi connectivity index (χ1v) is 8.78. The molecule has 2 unspecified atom stereocenters. The Morgan fingerprint density at radius 3 is 2.74 bits per heavy atom. The topological polar surface area (TPSA) is 55.1 Å². The molecule has 0 aromatic carbocycles. The maximum Gasteiger partial charge on any atom is 0.220 e. The van der Waals surface area contributed by atoms with Crippen molar-refractivity contribution in [3.05, 3.63) is 0 Å². The molecule has 1 amide bonds. The Hall–Kier alpha value is -0.220. The van der Waals surface area contributed by atoms with Crippen molar-refractivity contribution in [2.24, 2.45) is 11.1 Å². The van der Waals surface area contributed by atoms with Crippen LogP contribution < -0.4 is 11.1 Å². The smallest absolute Gasteiger partial charge is 0.220 e. The van der Waals surface area contributed by atoms with Gasteiger partial charge in [0.05, 0.1) is 0 Å². The highest BCUT2D eigenvalue weighted by molar-refractivity contribution is 7.99. The molecule has 0 aliphatic heterocycles. The molecule has 112 valence electrons. The van der Waals surface area contributed by atoms with E-state index in [0.717, 1.165) is 30.9 Å². The van der Waals surface area contributed by atoms with Gasteiger partial charge in [-0.15, -0.1) is 0 Å². The van der Waals surface area contributed by atoms with Gasteiger partial charge in [0.1, 0.15) is 0 Å². The van der Waals surface area contributed by atoms with Crippen molar-refractivity contribution >= 4 is 17.7 Å². The predicted molar refractivity (Wildman–Crippen MR) is 84.4 cm³/mol. The molecule has 1 aliphatic rings. The van der Waals surface area contributed by atoms with Crippen molar-refractivity contribution in [3.8, 4) is 0 Å². The lowest BCUT2D eigenvalue weighted by molar-refractivity contribution is -0.122. The zero-order valence-corrected chi connectivity index (χ0v) is 13.5. The summed E-state index contributed by atoms with van der Waals surface area (Å²) in [5.41, 5.74) is 5.78. The van der Waals surface area contributed by atoms with Gasteiger partial charge in [-0.05, 0) is 50.3 Å². The van der Waals surface area contributed by atoms with Crippen molar-refractivity contribution in [3.63, 3.8) is 0 Å². The molecule has 1 saturated carbocycles. The lowest BCUT2D eigenvalue weighted by atomic mass is 9.84. The van der Waals surface area contributed by atoms with Crippen LogP contribution in [0.15, 0.2) is 0 Å². The van der Waals surface area contributed by atoms with Gasteiger partial charge < -0.3 is 11.1 Å². The molecule has 1 fully saturated rings. The molecule has 4 heteroatoms.